The summed E-state index contributed by atoms with van der Waals surface area (Å²) in [6.45, 7) is 4.34. The first-order chi connectivity index (χ1) is 11.4. The molecule has 4 nitrogen and oxygen atoms in total. The number of rotatable bonds is 17. The summed E-state index contributed by atoms with van der Waals surface area (Å²) in [5.41, 5.74) is 0. The van der Waals surface area contributed by atoms with E-state index in [0.717, 1.165) is 38.5 Å². The molecule has 0 amide bonds. The zero-order chi connectivity index (χ0) is 18.3. The van der Waals surface area contributed by atoms with Crippen molar-refractivity contribution in [2.75, 3.05) is 0 Å². The zero-order valence-corrected chi connectivity index (χ0v) is 20.8. The molecule has 0 aromatic rings. The summed E-state index contributed by atoms with van der Waals surface area (Å²) >= 11 is 0. The Labute approximate surface area is 199 Å². The fraction of sp³-hybridized carbons (Fsp3) is 1.00. The van der Waals surface area contributed by atoms with Gasteiger partial charge in [0.05, 0.1) is 11.4 Å². The topological polar surface area (TPSA) is 77.4 Å². The third kappa shape index (κ3) is 17.3. The molecule has 6 heteroatoms. The predicted octanol–water partition coefficient (Wildman–Crippen LogP) is 2.16. The van der Waals surface area contributed by atoms with Gasteiger partial charge >= 0.3 is 51.4 Å². The fourth-order valence-electron chi connectivity index (χ4n) is 3.15. The maximum Gasteiger partial charge on any atom is 1.00 e. The molecular formula is C19H39KO4S. The first kappa shape index (κ1) is 28.7. The van der Waals surface area contributed by atoms with Crippen molar-refractivity contribution in [1.29, 1.82) is 0 Å². The minimum Gasteiger partial charge on any atom is -0.748 e. The van der Waals surface area contributed by atoms with E-state index in [-0.39, 0.29) is 51.4 Å². The summed E-state index contributed by atoms with van der Waals surface area (Å²) in [7, 11) is -4.42. The standard InChI is InChI=1S/C19H40O4S.K/c1-3-5-7-9-11-12-14-16-18(20)19(24(21,22)23)17-15-13-10-8-6-4-2;/h18-20H,3-17H2,1-2H3,(H,21,22,23);/q;+1/p-1. The quantitative estimate of drug-likeness (QED) is 0.230. The molecule has 0 spiro atoms. The van der Waals surface area contributed by atoms with Crippen LogP contribution >= 0.6 is 0 Å². The van der Waals surface area contributed by atoms with E-state index in [4.69, 9.17) is 0 Å². The molecule has 0 heterocycles. The molecule has 0 aliphatic carbocycles. The van der Waals surface area contributed by atoms with Gasteiger partial charge in [0.2, 0.25) is 0 Å². The third-order valence-corrected chi connectivity index (χ3v) is 6.04. The van der Waals surface area contributed by atoms with Gasteiger partial charge in [-0.15, -0.1) is 0 Å². The van der Waals surface area contributed by atoms with Crippen LogP contribution in [0.3, 0.4) is 0 Å². The van der Waals surface area contributed by atoms with E-state index in [9.17, 15) is 18.1 Å². The maximum atomic E-state index is 11.4. The number of unbranched alkanes of at least 4 members (excludes halogenated alkanes) is 11. The number of hydrogen-bond donors (Lipinski definition) is 1. The Kier molecular flexibility index (Phi) is 21.7. The van der Waals surface area contributed by atoms with E-state index in [1.165, 1.54) is 38.5 Å². The Bertz CT molecular complexity index is 374. The van der Waals surface area contributed by atoms with Gasteiger partial charge in [-0.05, 0) is 12.8 Å². The molecule has 0 radical (unpaired) electrons. The summed E-state index contributed by atoms with van der Waals surface area (Å²) in [5, 5.41) is 9.03. The van der Waals surface area contributed by atoms with Gasteiger partial charge in [0.25, 0.3) is 0 Å². The van der Waals surface area contributed by atoms with E-state index in [1.54, 1.807) is 0 Å². The number of aliphatic hydroxyl groups excluding tert-OH is 1. The second-order valence-electron chi connectivity index (χ2n) is 7.07. The monoisotopic (exact) mass is 402 g/mol. The predicted molar refractivity (Wildman–Crippen MR) is 100 cm³/mol. The Morgan fingerprint density at radius 3 is 1.48 bits per heavy atom. The Hall–Kier alpha value is 1.51. The van der Waals surface area contributed by atoms with E-state index in [1.807, 2.05) is 0 Å². The molecule has 0 rings (SSSR count). The fourth-order valence-corrected chi connectivity index (χ4v) is 4.13. The van der Waals surface area contributed by atoms with Crippen molar-refractivity contribution in [2.24, 2.45) is 0 Å². The van der Waals surface area contributed by atoms with E-state index in [2.05, 4.69) is 13.8 Å². The third-order valence-electron chi connectivity index (χ3n) is 4.75. The van der Waals surface area contributed by atoms with Gasteiger partial charge < -0.3 is 9.66 Å². The van der Waals surface area contributed by atoms with Crippen LogP contribution in [0.1, 0.15) is 110 Å². The Balaban J connectivity index is 0. The van der Waals surface area contributed by atoms with Crippen molar-refractivity contribution < 1.29 is 69.5 Å². The Morgan fingerprint density at radius 2 is 1.08 bits per heavy atom. The van der Waals surface area contributed by atoms with E-state index < -0.39 is 21.5 Å². The van der Waals surface area contributed by atoms with Gasteiger partial charge in [0, 0.05) is 0 Å². The molecule has 2 atom stereocenters. The Morgan fingerprint density at radius 1 is 0.720 bits per heavy atom. The van der Waals surface area contributed by atoms with Crippen LogP contribution in [-0.2, 0) is 10.1 Å². The van der Waals surface area contributed by atoms with Crippen molar-refractivity contribution in [1.82, 2.24) is 0 Å². The van der Waals surface area contributed by atoms with Gasteiger partial charge in [-0.1, -0.05) is 97.3 Å². The summed E-state index contributed by atoms with van der Waals surface area (Å²) in [5.74, 6) is 0. The summed E-state index contributed by atoms with van der Waals surface area (Å²) in [4.78, 5) is 0. The molecule has 0 aliphatic rings. The normalized spacial score (nSPS) is 14.1. The second kappa shape index (κ2) is 18.9. The van der Waals surface area contributed by atoms with Crippen molar-refractivity contribution in [3.05, 3.63) is 0 Å². The van der Waals surface area contributed by atoms with Gasteiger partial charge in [-0.2, -0.15) is 0 Å². The zero-order valence-electron chi connectivity index (χ0n) is 16.8. The van der Waals surface area contributed by atoms with Crippen LogP contribution in [0.15, 0.2) is 0 Å². The van der Waals surface area contributed by atoms with Gasteiger partial charge in [0.1, 0.15) is 10.1 Å². The minimum atomic E-state index is -4.42. The van der Waals surface area contributed by atoms with Crippen molar-refractivity contribution in [2.45, 2.75) is 122 Å². The smallest absolute Gasteiger partial charge is 0.748 e. The van der Waals surface area contributed by atoms with Gasteiger partial charge in [-0.3, -0.25) is 0 Å². The molecule has 0 fully saturated rings. The molecule has 2 unspecified atom stereocenters. The summed E-state index contributed by atoms with van der Waals surface area (Å²) in [6.07, 6.45) is 13.8. The minimum absolute atomic E-state index is 0. The van der Waals surface area contributed by atoms with Crippen LogP contribution in [0.4, 0.5) is 0 Å². The number of hydrogen-bond acceptors (Lipinski definition) is 4. The number of aliphatic hydroxyl groups is 1. The second-order valence-corrected chi connectivity index (χ2v) is 8.66. The molecular weight excluding hydrogens is 363 g/mol. The SMILES string of the molecule is CCCCCCCCCC(O)C(CCCCCCCC)S(=O)(=O)[O-].[K+]. The molecule has 0 aliphatic heterocycles. The molecule has 146 valence electrons. The van der Waals surface area contributed by atoms with Crippen molar-refractivity contribution >= 4 is 10.1 Å². The molecule has 0 saturated carbocycles. The van der Waals surface area contributed by atoms with Crippen molar-refractivity contribution in [3.8, 4) is 0 Å². The summed E-state index contributed by atoms with van der Waals surface area (Å²) in [6, 6.07) is 0. The summed E-state index contributed by atoms with van der Waals surface area (Å²) < 4.78 is 34.3. The van der Waals surface area contributed by atoms with Crippen LogP contribution in [0.25, 0.3) is 0 Å². The van der Waals surface area contributed by atoms with Gasteiger partial charge in [0.15, 0.2) is 0 Å². The largest absolute Gasteiger partial charge is 1.00 e. The van der Waals surface area contributed by atoms with E-state index >= 15 is 0 Å². The van der Waals surface area contributed by atoms with Crippen LogP contribution < -0.4 is 51.4 Å². The van der Waals surface area contributed by atoms with Crippen LogP contribution in [0.2, 0.25) is 0 Å². The molecule has 1 N–H and O–H groups in total. The van der Waals surface area contributed by atoms with Crippen LogP contribution in [0.5, 0.6) is 0 Å². The van der Waals surface area contributed by atoms with Crippen LogP contribution in [0, 0.1) is 0 Å². The van der Waals surface area contributed by atoms with E-state index in [0.29, 0.717) is 19.3 Å². The van der Waals surface area contributed by atoms with Crippen molar-refractivity contribution in [3.63, 3.8) is 0 Å². The molecule has 0 bridgehead atoms. The average molecular weight is 403 g/mol. The molecule has 25 heavy (non-hydrogen) atoms. The van der Waals surface area contributed by atoms with Gasteiger partial charge in [-0.25, -0.2) is 8.42 Å². The molecule has 0 saturated heterocycles. The van der Waals surface area contributed by atoms with Crippen LogP contribution in [-0.4, -0.2) is 29.4 Å². The first-order valence-corrected chi connectivity index (χ1v) is 11.5. The molecule has 0 aromatic heterocycles. The average Bonchev–Trinajstić information content (AvgIpc) is 2.52. The maximum absolute atomic E-state index is 11.4. The molecule has 0 aromatic carbocycles. The first-order valence-electron chi connectivity index (χ1n) is 10.1.